The van der Waals surface area contributed by atoms with Gasteiger partial charge in [-0.1, -0.05) is 60.7 Å². The molecule has 1 aliphatic heterocycles. The molecule has 1 heterocycles. The van der Waals surface area contributed by atoms with Crippen LogP contribution in [0.5, 0.6) is 0 Å². The van der Waals surface area contributed by atoms with E-state index in [0.29, 0.717) is 12.5 Å². The Morgan fingerprint density at radius 2 is 1.36 bits per heavy atom. The molecule has 1 fully saturated rings. The summed E-state index contributed by atoms with van der Waals surface area (Å²) in [6, 6.07) is 21.5. The lowest BCUT2D eigenvalue weighted by molar-refractivity contribution is 0.131. The van der Waals surface area contributed by atoms with Crippen molar-refractivity contribution < 1.29 is 4.39 Å². The van der Waals surface area contributed by atoms with Crippen LogP contribution in [0.3, 0.4) is 0 Å². The maximum absolute atomic E-state index is 12.5. The summed E-state index contributed by atoms with van der Waals surface area (Å²) in [7, 11) is 0. The van der Waals surface area contributed by atoms with Gasteiger partial charge in [-0.15, -0.1) is 0 Å². The second-order valence-electron chi connectivity index (χ2n) is 7.11. The average molecular weight is 340 g/mol. The van der Waals surface area contributed by atoms with Gasteiger partial charge in [0.25, 0.3) is 0 Å². The van der Waals surface area contributed by atoms with Crippen LogP contribution >= 0.6 is 0 Å². The fourth-order valence-electron chi connectivity index (χ4n) is 3.75. The monoisotopic (exact) mass is 340 g/mol. The molecular formula is C22H29FN2. The maximum Gasteiger partial charge on any atom is 0.102 e. The van der Waals surface area contributed by atoms with Crippen molar-refractivity contribution in [1.82, 2.24) is 9.80 Å². The lowest BCUT2D eigenvalue weighted by atomic mass is 9.95. The molecule has 0 saturated carbocycles. The second kappa shape index (κ2) is 9.69. The third kappa shape index (κ3) is 5.94. The first-order valence-corrected chi connectivity index (χ1v) is 9.42. The molecule has 0 amide bonds. The molecule has 0 atom stereocenters. The summed E-state index contributed by atoms with van der Waals surface area (Å²) < 4.78 is 12.5. The molecule has 2 aromatic rings. The number of likely N-dealkylation sites (tertiary alicyclic amines) is 1. The molecule has 0 spiro atoms. The first-order valence-electron chi connectivity index (χ1n) is 9.42. The number of rotatable bonds is 8. The van der Waals surface area contributed by atoms with Gasteiger partial charge in [-0.3, -0.25) is 4.90 Å². The van der Waals surface area contributed by atoms with Crippen LogP contribution in [-0.4, -0.2) is 42.7 Å². The molecule has 1 saturated heterocycles. The van der Waals surface area contributed by atoms with Crippen molar-refractivity contribution in [2.75, 3.05) is 32.9 Å². The number of benzene rings is 2. The highest BCUT2D eigenvalue weighted by molar-refractivity contribution is 5.17. The molecule has 3 heteroatoms. The summed E-state index contributed by atoms with van der Waals surface area (Å²) in [5.41, 5.74) is 2.74. The molecule has 25 heavy (non-hydrogen) atoms. The van der Waals surface area contributed by atoms with Crippen molar-refractivity contribution in [1.29, 1.82) is 0 Å². The Labute approximate surface area is 151 Å². The van der Waals surface area contributed by atoms with E-state index in [1.165, 1.54) is 24.0 Å². The highest BCUT2D eigenvalue weighted by atomic mass is 19.1. The van der Waals surface area contributed by atoms with E-state index in [-0.39, 0.29) is 6.67 Å². The van der Waals surface area contributed by atoms with Crippen molar-refractivity contribution in [2.45, 2.75) is 25.9 Å². The predicted molar refractivity (Wildman–Crippen MR) is 102 cm³/mol. The topological polar surface area (TPSA) is 6.48 Å². The Balaban J connectivity index is 1.60. The number of nitrogens with zero attached hydrogens (tertiary/aromatic N) is 2. The maximum atomic E-state index is 12.5. The van der Waals surface area contributed by atoms with Crippen molar-refractivity contribution >= 4 is 0 Å². The summed E-state index contributed by atoms with van der Waals surface area (Å²) in [6.45, 7) is 5.55. The Morgan fingerprint density at radius 1 is 0.840 bits per heavy atom. The normalized spacial score (nSPS) is 16.4. The largest absolute Gasteiger partial charge is 0.301 e. The number of hydrogen-bond acceptors (Lipinski definition) is 2. The molecular weight excluding hydrogens is 311 g/mol. The number of hydrogen-bond donors (Lipinski definition) is 0. The SMILES string of the molecule is FCCN1CCC(CN(Cc2ccccc2)Cc2ccccc2)CC1. The van der Waals surface area contributed by atoms with Gasteiger partial charge in [0.1, 0.15) is 6.67 Å². The van der Waals surface area contributed by atoms with E-state index >= 15 is 0 Å². The van der Waals surface area contributed by atoms with Gasteiger partial charge in [0.2, 0.25) is 0 Å². The molecule has 0 bridgehead atoms. The molecule has 3 rings (SSSR count). The first-order chi connectivity index (χ1) is 12.3. The molecule has 134 valence electrons. The molecule has 2 nitrogen and oxygen atoms in total. The van der Waals surface area contributed by atoms with Crippen molar-refractivity contribution in [3.63, 3.8) is 0 Å². The second-order valence-corrected chi connectivity index (χ2v) is 7.11. The smallest absolute Gasteiger partial charge is 0.102 e. The highest BCUT2D eigenvalue weighted by Gasteiger charge is 2.21. The van der Waals surface area contributed by atoms with E-state index in [1.807, 2.05) is 0 Å². The van der Waals surface area contributed by atoms with Gasteiger partial charge in [-0.05, 0) is 43.0 Å². The zero-order valence-corrected chi connectivity index (χ0v) is 15.0. The average Bonchev–Trinajstić information content (AvgIpc) is 2.65. The van der Waals surface area contributed by atoms with E-state index in [2.05, 4.69) is 70.5 Å². The lowest BCUT2D eigenvalue weighted by Crippen LogP contribution is -2.39. The summed E-state index contributed by atoms with van der Waals surface area (Å²) in [5.74, 6) is 0.711. The molecule has 0 N–H and O–H groups in total. The van der Waals surface area contributed by atoms with Gasteiger partial charge in [0, 0.05) is 26.2 Å². The zero-order valence-electron chi connectivity index (χ0n) is 15.0. The summed E-state index contributed by atoms with van der Waals surface area (Å²) in [4.78, 5) is 4.83. The van der Waals surface area contributed by atoms with Crippen LogP contribution < -0.4 is 0 Å². The number of halogens is 1. The van der Waals surface area contributed by atoms with E-state index in [1.54, 1.807) is 0 Å². The van der Waals surface area contributed by atoms with Gasteiger partial charge >= 0.3 is 0 Å². The van der Waals surface area contributed by atoms with E-state index < -0.39 is 0 Å². The molecule has 0 unspecified atom stereocenters. The third-order valence-corrected chi connectivity index (χ3v) is 5.12. The van der Waals surface area contributed by atoms with Gasteiger partial charge in [-0.2, -0.15) is 0 Å². The Morgan fingerprint density at radius 3 is 1.84 bits per heavy atom. The standard InChI is InChI=1S/C22H29FN2/c23-13-16-24-14-11-22(12-15-24)19-25(17-20-7-3-1-4-8-20)18-21-9-5-2-6-10-21/h1-10,22H,11-19H2. The minimum atomic E-state index is -0.223. The fourth-order valence-corrected chi connectivity index (χ4v) is 3.75. The van der Waals surface area contributed by atoms with Crippen LogP contribution in [0.1, 0.15) is 24.0 Å². The third-order valence-electron chi connectivity index (χ3n) is 5.12. The Kier molecular flexibility index (Phi) is 7.01. The summed E-state index contributed by atoms with van der Waals surface area (Å²) in [6.07, 6.45) is 2.36. The summed E-state index contributed by atoms with van der Waals surface area (Å²) in [5, 5.41) is 0. The fraction of sp³-hybridized carbons (Fsp3) is 0.455. The van der Waals surface area contributed by atoms with Crippen LogP contribution in [-0.2, 0) is 13.1 Å². The Hall–Kier alpha value is -1.71. The van der Waals surface area contributed by atoms with Crippen LogP contribution in [0.25, 0.3) is 0 Å². The minimum Gasteiger partial charge on any atom is -0.301 e. The quantitative estimate of drug-likeness (QED) is 0.704. The van der Waals surface area contributed by atoms with Gasteiger partial charge in [0.05, 0.1) is 0 Å². The van der Waals surface area contributed by atoms with Crippen molar-refractivity contribution in [3.8, 4) is 0 Å². The number of piperidine rings is 1. The minimum absolute atomic E-state index is 0.223. The van der Waals surface area contributed by atoms with E-state index in [0.717, 1.165) is 32.7 Å². The number of alkyl halides is 1. The van der Waals surface area contributed by atoms with Crippen LogP contribution in [0.4, 0.5) is 4.39 Å². The Bertz CT molecular complexity index is 552. The predicted octanol–water partition coefficient (Wildman–Crippen LogP) is 4.37. The molecule has 1 aliphatic rings. The van der Waals surface area contributed by atoms with Crippen LogP contribution in [0, 0.1) is 5.92 Å². The van der Waals surface area contributed by atoms with Crippen LogP contribution in [0.15, 0.2) is 60.7 Å². The zero-order chi connectivity index (χ0) is 17.3. The van der Waals surface area contributed by atoms with E-state index in [4.69, 9.17) is 0 Å². The molecule has 0 aromatic heterocycles. The van der Waals surface area contributed by atoms with Gasteiger partial charge in [0.15, 0.2) is 0 Å². The highest BCUT2D eigenvalue weighted by Crippen LogP contribution is 2.21. The van der Waals surface area contributed by atoms with Gasteiger partial charge in [-0.25, -0.2) is 4.39 Å². The van der Waals surface area contributed by atoms with Crippen LogP contribution in [0.2, 0.25) is 0 Å². The van der Waals surface area contributed by atoms with Crippen molar-refractivity contribution in [2.24, 2.45) is 5.92 Å². The van der Waals surface area contributed by atoms with Gasteiger partial charge < -0.3 is 4.90 Å². The van der Waals surface area contributed by atoms with E-state index in [9.17, 15) is 4.39 Å². The summed E-state index contributed by atoms with van der Waals surface area (Å²) >= 11 is 0. The lowest BCUT2D eigenvalue weighted by Gasteiger charge is -2.34. The molecule has 0 radical (unpaired) electrons. The molecule has 2 aromatic carbocycles. The molecule has 0 aliphatic carbocycles. The van der Waals surface area contributed by atoms with Crippen molar-refractivity contribution in [3.05, 3.63) is 71.8 Å². The first kappa shape index (κ1) is 18.1.